The van der Waals surface area contributed by atoms with Crippen LogP contribution in [-0.4, -0.2) is 47.0 Å². The van der Waals surface area contributed by atoms with E-state index >= 15 is 0 Å². The van der Waals surface area contributed by atoms with E-state index in [1.807, 2.05) is 22.0 Å². The molecule has 1 aromatic rings. The number of rotatable bonds is 2. The van der Waals surface area contributed by atoms with Crippen LogP contribution in [0, 0.1) is 11.3 Å². The summed E-state index contributed by atoms with van der Waals surface area (Å²) < 4.78 is 0. The minimum atomic E-state index is -0.00978. The van der Waals surface area contributed by atoms with Gasteiger partial charge in [0.1, 0.15) is 11.1 Å². The Bertz CT molecular complexity index is 570. The number of carbonyl (C=O) groups is 1. The van der Waals surface area contributed by atoms with Crippen molar-refractivity contribution in [3.63, 3.8) is 0 Å². The van der Waals surface area contributed by atoms with Crippen LogP contribution in [0.3, 0.4) is 0 Å². The SMILES string of the molecule is C[C@@H]1CN([C@@H]2CCN(c3sccc3C#N)C2=O)C[C@H](C)S1. The van der Waals surface area contributed by atoms with E-state index in [0.29, 0.717) is 16.1 Å². The molecule has 0 saturated carbocycles. The van der Waals surface area contributed by atoms with E-state index in [4.69, 9.17) is 5.26 Å². The summed E-state index contributed by atoms with van der Waals surface area (Å²) in [5, 5.41) is 13.0. The van der Waals surface area contributed by atoms with Crippen LogP contribution in [-0.2, 0) is 4.79 Å². The molecule has 3 heterocycles. The lowest BCUT2D eigenvalue weighted by Gasteiger charge is -2.37. The quantitative estimate of drug-likeness (QED) is 0.840. The zero-order valence-electron chi connectivity index (χ0n) is 12.3. The molecule has 0 unspecified atom stereocenters. The number of thiophene rings is 1. The second kappa shape index (κ2) is 5.99. The Kier molecular flexibility index (Phi) is 4.25. The molecule has 112 valence electrons. The minimum Gasteiger partial charge on any atom is -0.301 e. The predicted octanol–water partition coefficient (Wildman–Crippen LogP) is 2.55. The molecule has 0 spiro atoms. The van der Waals surface area contributed by atoms with E-state index in [1.165, 1.54) is 11.3 Å². The Balaban J connectivity index is 1.76. The van der Waals surface area contributed by atoms with Gasteiger partial charge >= 0.3 is 0 Å². The molecule has 2 saturated heterocycles. The van der Waals surface area contributed by atoms with Crippen molar-refractivity contribution in [2.45, 2.75) is 36.8 Å². The molecule has 0 N–H and O–H groups in total. The Morgan fingerprint density at radius 3 is 2.71 bits per heavy atom. The molecule has 3 atom stereocenters. The highest BCUT2D eigenvalue weighted by Gasteiger charge is 2.40. The Morgan fingerprint density at radius 1 is 1.33 bits per heavy atom. The first-order valence-corrected chi connectivity index (χ1v) is 9.11. The standard InChI is InChI=1S/C15H19N3OS2/c1-10-8-17(9-11(2)21-10)13-3-5-18(14(13)19)15-12(7-16)4-6-20-15/h4,6,10-11,13H,3,5,8-9H2,1-2H3/t10-,11+,13-/m1/s1. The first-order valence-electron chi connectivity index (χ1n) is 7.28. The van der Waals surface area contributed by atoms with Crippen LogP contribution in [0.1, 0.15) is 25.8 Å². The van der Waals surface area contributed by atoms with Crippen LogP contribution in [0.2, 0.25) is 0 Å². The molecule has 3 rings (SSSR count). The maximum Gasteiger partial charge on any atom is 0.245 e. The largest absolute Gasteiger partial charge is 0.301 e. The number of hydrogen-bond donors (Lipinski definition) is 0. The molecule has 4 nitrogen and oxygen atoms in total. The van der Waals surface area contributed by atoms with Crippen LogP contribution in [0.4, 0.5) is 5.00 Å². The third-order valence-electron chi connectivity index (χ3n) is 4.08. The average molecular weight is 321 g/mol. The van der Waals surface area contributed by atoms with Crippen molar-refractivity contribution in [2.24, 2.45) is 0 Å². The molecule has 2 aliphatic rings. The highest BCUT2D eigenvalue weighted by molar-refractivity contribution is 8.00. The summed E-state index contributed by atoms with van der Waals surface area (Å²) in [6, 6.07) is 3.97. The highest BCUT2D eigenvalue weighted by Crippen LogP contribution is 2.34. The van der Waals surface area contributed by atoms with Gasteiger partial charge in [-0.25, -0.2) is 0 Å². The Morgan fingerprint density at radius 2 is 2.05 bits per heavy atom. The molecule has 1 amide bonds. The number of nitrogens with zero attached hydrogens (tertiary/aromatic N) is 3. The van der Waals surface area contributed by atoms with Crippen molar-refractivity contribution >= 4 is 34.0 Å². The monoisotopic (exact) mass is 321 g/mol. The normalized spacial score (nSPS) is 30.6. The number of anilines is 1. The van der Waals surface area contributed by atoms with Gasteiger partial charge in [-0.2, -0.15) is 17.0 Å². The summed E-state index contributed by atoms with van der Waals surface area (Å²) in [5.41, 5.74) is 0.616. The topological polar surface area (TPSA) is 47.3 Å². The molecule has 21 heavy (non-hydrogen) atoms. The zero-order valence-corrected chi connectivity index (χ0v) is 13.9. The van der Waals surface area contributed by atoms with Crippen molar-refractivity contribution in [2.75, 3.05) is 24.5 Å². The van der Waals surface area contributed by atoms with Crippen molar-refractivity contribution in [1.29, 1.82) is 5.26 Å². The van der Waals surface area contributed by atoms with E-state index in [2.05, 4.69) is 24.8 Å². The lowest BCUT2D eigenvalue weighted by molar-refractivity contribution is -0.121. The van der Waals surface area contributed by atoms with E-state index in [-0.39, 0.29) is 11.9 Å². The predicted molar refractivity (Wildman–Crippen MR) is 87.9 cm³/mol. The van der Waals surface area contributed by atoms with Crippen molar-refractivity contribution < 1.29 is 4.79 Å². The Hall–Kier alpha value is -1.03. The van der Waals surface area contributed by atoms with Crippen molar-refractivity contribution in [1.82, 2.24) is 4.90 Å². The summed E-state index contributed by atoms with van der Waals surface area (Å²) in [6.45, 7) is 7.16. The number of hydrogen-bond acceptors (Lipinski definition) is 5. The van der Waals surface area contributed by atoms with Crippen LogP contribution in [0.25, 0.3) is 0 Å². The molecular weight excluding hydrogens is 302 g/mol. The molecule has 6 heteroatoms. The van der Waals surface area contributed by atoms with Crippen LogP contribution >= 0.6 is 23.1 Å². The maximum atomic E-state index is 12.8. The summed E-state index contributed by atoms with van der Waals surface area (Å²) >= 11 is 3.49. The summed E-state index contributed by atoms with van der Waals surface area (Å²) in [4.78, 5) is 16.9. The molecule has 2 aliphatic heterocycles. The molecule has 0 bridgehead atoms. The van der Waals surface area contributed by atoms with Gasteiger partial charge in [0, 0.05) is 30.1 Å². The third kappa shape index (κ3) is 2.83. The number of nitriles is 1. The number of carbonyl (C=O) groups excluding carboxylic acids is 1. The van der Waals surface area contributed by atoms with Crippen LogP contribution in [0.5, 0.6) is 0 Å². The summed E-state index contributed by atoms with van der Waals surface area (Å²) in [7, 11) is 0. The fourth-order valence-corrected chi connectivity index (χ4v) is 5.50. The molecule has 0 radical (unpaired) electrons. The second-order valence-corrected chi connectivity index (χ2v) is 8.53. The van der Waals surface area contributed by atoms with E-state index in [9.17, 15) is 4.79 Å². The van der Waals surface area contributed by atoms with Crippen molar-refractivity contribution in [3.8, 4) is 6.07 Å². The number of amides is 1. The molecule has 0 aliphatic carbocycles. The van der Waals surface area contributed by atoms with Gasteiger partial charge < -0.3 is 4.90 Å². The molecular formula is C15H19N3OS2. The lowest BCUT2D eigenvalue weighted by Crippen LogP contribution is -2.49. The van der Waals surface area contributed by atoms with E-state index in [0.717, 1.165) is 31.1 Å². The zero-order chi connectivity index (χ0) is 15.0. The van der Waals surface area contributed by atoms with Gasteiger partial charge in [0.05, 0.1) is 11.6 Å². The van der Waals surface area contributed by atoms with Crippen molar-refractivity contribution in [3.05, 3.63) is 17.0 Å². The van der Waals surface area contributed by atoms with Gasteiger partial charge in [-0.3, -0.25) is 9.69 Å². The third-order valence-corrected chi connectivity index (χ3v) is 6.24. The Labute approximate surface area is 133 Å². The summed E-state index contributed by atoms with van der Waals surface area (Å²) in [5.74, 6) is 0.167. The molecule has 2 fully saturated rings. The highest BCUT2D eigenvalue weighted by atomic mass is 32.2. The smallest absolute Gasteiger partial charge is 0.245 e. The van der Waals surface area contributed by atoms with Gasteiger partial charge in [-0.1, -0.05) is 13.8 Å². The van der Waals surface area contributed by atoms with Gasteiger partial charge in [0.25, 0.3) is 0 Å². The van der Waals surface area contributed by atoms with Gasteiger partial charge in [0.15, 0.2) is 0 Å². The van der Waals surface area contributed by atoms with Crippen LogP contribution in [0.15, 0.2) is 11.4 Å². The fourth-order valence-electron chi connectivity index (χ4n) is 3.27. The minimum absolute atomic E-state index is 0.00978. The number of thioether (sulfide) groups is 1. The van der Waals surface area contributed by atoms with Crippen LogP contribution < -0.4 is 4.90 Å². The lowest BCUT2D eigenvalue weighted by atomic mass is 10.2. The van der Waals surface area contributed by atoms with Gasteiger partial charge in [0.2, 0.25) is 5.91 Å². The first-order chi connectivity index (χ1) is 10.1. The molecule has 0 aromatic carbocycles. The first kappa shape index (κ1) is 14.9. The second-order valence-electron chi connectivity index (χ2n) is 5.76. The van der Waals surface area contributed by atoms with Gasteiger partial charge in [-0.15, -0.1) is 11.3 Å². The van der Waals surface area contributed by atoms with Gasteiger partial charge in [-0.05, 0) is 17.9 Å². The fraction of sp³-hybridized carbons (Fsp3) is 0.600. The average Bonchev–Trinajstić information content (AvgIpc) is 3.03. The maximum absolute atomic E-state index is 12.8. The van der Waals surface area contributed by atoms with E-state index < -0.39 is 0 Å². The summed E-state index contributed by atoms with van der Waals surface area (Å²) in [6.07, 6.45) is 0.867. The van der Waals surface area contributed by atoms with E-state index in [1.54, 1.807) is 6.07 Å². The molecule has 1 aromatic heterocycles.